The molecule has 2 rings (SSSR count). The average molecular weight is 315 g/mol. The lowest BCUT2D eigenvalue weighted by atomic mass is 10.1. The van der Waals surface area contributed by atoms with E-state index in [1.165, 1.54) is 22.5 Å². The van der Waals surface area contributed by atoms with E-state index in [9.17, 15) is 12.8 Å². The van der Waals surface area contributed by atoms with Crippen LogP contribution >= 0.6 is 0 Å². The van der Waals surface area contributed by atoms with Crippen LogP contribution in [0.15, 0.2) is 24.3 Å². The number of rotatable bonds is 6. The first-order valence-corrected chi connectivity index (χ1v) is 8.73. The number of nitrogens with zero attached hydrogens (tertiary/aromatic N) is 1. The van der Waals surface area contributed by atoms with Gasteiger partial charge in [0, 0.05) is 19.1 Å². The Hall–Kier alpha value is -1.18. The molecule has 1 aromatic rings. The van der Waals surface area contributed by atoms with Crippen molar-refractivity contribution in [3.63, 3.8) is 0 Å². The molecule has 1 unspecified atom stereocenters. The van der Waals surface area contributed by atoms with E-state index in [2.05, 4.69) is 10.0 Å². The Morgan fingerprint density at radius 2 is 2.10 bits per heavy atom. The van der Waals surface area contributed by atoms with Crippen molar-refractivity contribution in [1.29, 1.82) is 0 Å². The summed E-state index contributed by atoms with van der Waals surface area (Å²) < 4.78 is 42.4. The molecule has 1 saturated heterocycles. The molecule has 1 fully saturated rings. The highest BCUT2D eigenvalue weighted by molar-refractivity contribution is 7.90. The summed E-state index contributed by atoms with van der Waals surface area (Å²) in [6.45, 7) is 3.87. The van der Waals surface area contributed by atoms with Crippen LogP contribution in [0.3, 0.4) is 0 Å². The van der Waals surface area contributed by atoms with Gasteiger partial charge in [-0.05, 0) is 31.5 Å². The van der Waals surface area contributed by atoms with Crippen LogP contribution < -0.4 is 10.0 Å². The van der Waals surface area contributed by atoms with Crippen molar-refractivity contribution in [3.8, 4) is 0 Å². The van der Waals surface area contributed by atoms with Crippen molar-refractivity contribution in [2.75, 3.05) is 24.4 Å². The molecular weight excluding hydrogens is 293 g/mol. The Bertz CT molecular complexity index is 565. The molecule has 0 amide bonds. The lowest BCUT2D eigenvalue weighted by molar-refractivity contribution is 0.248. The van der Waals surface area contributed by atoms with Gasteiger partial charge in [-0.1, -0.05) is 25.5 Å². The van der Waals surface area contributed by atoms with Gasteiger partial charge >= 0.3 is 10.2 Å². The van der Waals surface area contributed by atoms with Crippen LogP contribution in [0.25, 0.3) is 0 Å². The van der Waals surface area contributed by atoms with E-state index in [0.29, 0.717) is 13.1 Å². The Balaban J connectivity index is 2.14. The highest BCUT2D eigenvalue weighted by Crippen LogP contribution is 2.22. The van der Waals surface area contributed by atoms with Crippen molar-refractivity contribution < 1.29 is 12.8 Å². The van der Waals surface area contributed by atoms with Crippen LogP contribution in [-0.2, 0) is 10.2 Å². The molecule has 21 heavy (non-hydrogen) atoms. The number of hydrogen-bond donors (Lipinski definition) is 2. The maximum absolute atomic E-state index is 13.6. The van der Waals surface area contributed by atoms with Gasteiger partial charge in [0.2, 0.25) is 0 Å². The van der Waals surface area contributed by atoms with Crippen molar-refractivity contribution >= 4 is 15.9 Å². The van der Waals surface area contributed by atoms with Gasteiger partial charge < -0.3 is 5.32 Å². The lowest BCUT2D eigenvalue weighted by Crippen LogP contribution is -2.50. The van der Waals surface area contributed by atoms with Crippen LogP contribution in [0.4, 0.5) is 10.1 Å². The summed E-state index contributed by atoms with van der Waals surface area (Å²) >= 11 is 0. The molecule has 0 spiro atoms. The van der Waals surface area contributed by atoms with E-state index in [1.807, 2.05) is 6.92 Å². The molecule has 1 heterocycles. The molecule has 1 aliphatic heterocycles. The average Bonchev–Trinajstić information content (AvgIpc) is 2.47. The molecule has 1 atom stereocenters. The third kappa shape index (κ3) is 4.15. The number of likely N-dealkylation sites (N-methyl/N-ethyl adjacent to an activating group) is 1. The maximum atomic E-state index is 13.6. The second-order valence-corrected chi connectivity index (χ2v) is 6.78. The predicted octanol–water partition coefficient (Wildman–Crippen LogP) is 1.95. The second-order valence-electron chi connectivity index (χ2n) is 5.15. The molecular formula is C14H22FN3O2S. The van der Waals surface area contributed by atoms with E-state index in [0.717, 1.165) is 25.8 Å². The molecule has 5 nitrogen and oxygen atoms in total. The maximum Gasteiger partial charge on any atom is 0.302 e. The van der Waals surface area contributed by atoms with Gasteiger partial charge in [0.15, 0.2) is 0 Å². The third-order valence-corrected chi connectivity index (χ3v) is 5.20. The zero-order valence-corrected chi connectivity index (χ0v) is 13.0. The van der Waals surface area contributed by atoms with Gasteiger partial charge in [-0.3, -0.25) is 4.72 Å². The van der Waals surface area contributed by atoms with Gasteiger partial charge in [-0.15, -0.1) is 0 Å². The standard InChI is InChI=1S/C14H22FN3O2S/c1-2-16-11-12-7-5-6-10-18(12)21(19,20)17-14-9-4-3-8-13(14)15/h3-4,8-9,12,16-17H,2,5-7,10-11H2,1H3. The highest BCUT2D eigenvalue weighted by atomic mass is 32.2. The molecule has 0 aromatic heterocycles. The Morgan fingerprint density at radius 3 is 2.81 bits per heavy atom. The minimum Gasteiger partial charge on any atom is -0.315 e. The SMILES string of the molecule is CCNCC1CCCCN1S(=O)(=O)Nc1ccccc1F. The summed E-state index contributed by atoms with van der Waals surface area (Å²) in [7, 11) is -3.74. The van der Waals surface area contributed by atoms with Crippen LogP contribution in [-0.4, -0.2) is 38.4 Å². The summed E-state index contributed by atoms with van der Waals surface area (Å²) in [5.41, 5.74) is -0.00901. The molecule has 1 aliphatic rings. The number of anilines is 1. The molecule has 1 aromatic carbocycles. The lowest BCUT2D eigenvalue weighted by Gasteiger charge is -2.34. The van der Waals surface area contributed by atoms with Gasteiger partial charge in [-0.2, -0.15) is 12.7 Å². The molecule has 0 radical (unpaired) electrons. The minimum absolute atomic E-state index is 0.00901. The van der Waals surface area contributed by atoms with Crippen molar-refractivity contribution in [3.05, 3.63) is 30.1 Å². The fourth-order valence-electron chi connectivity index (χ4n) is 2.55. The number of hydrogen-bond acceptors (Lipinski definition) is 3. The van der Waals surface area contributed by atoms with E-state index >= 15 is 0 Å². The summed E-state index contributed by atoms with van der Waals surface area (Å²) in [6.07, 6.45) is 2.67. The van der Waals surface area contributed by atoms with Gasteiger partial charge in [-0.25, -0.2) is 4.39 Å². The van der Waals surface area contributed by atoms with E-state index in [1.54, 1.807) is 6.07 Å². The van der Waals surface area contributed by atoms with Gasteiger partial charge in [0.05, 0.1) is 5.69 Å². The van der Waals surface area contributed by atoms with Crippen molar-refractivity contribution in [1.82, 2.24) is 9.62 Å². The van der Waals surface area contributed by atoms with Gasteiger partial charge in [0.1, 0.15) is 5.82 Å². The molecule has 0 aliphatic carbocycles. The fraction of sp³-hybridized carbons (Fsp3) is 0.571. The molecule has 7 heteroatoms. The molecule has 118 valence electrons. The summed E-state index contributed by atoms with van der Waals surface area (Å²) in [6, 6.07) is 5.72. The van der Waals surface area contributed by atoms with Crippen LogP contribution in [0, 0.1) is 5.82 Å². The third-order valence-electron chi connectivity index (χ3n) is 3.62. The van der Waals surface area contributed by atoms with Crippen molar-refractivity contribution in [2.24, 2.45) is 0 Å². The topological polar surface area (TPSA) is 61.4 Å². The van der Waals surface area contributed by atoms with Crippen LogP contribution in [0.1, 0.15) is 26.2 Å². The van der Waals surface area contributed by atoms with Gasteiger partial charge in [0.25, 0.3) is 0 Å². The van der Waals surface area contributed by atoms with Crippen molar-refractivity contribution in [2.45, 2.75) is 32.2 Å². The van der Waals surface area contributed by atoms with Crippen LogP contribution in [0.2, 0.25) is 0 Å². The largest absolute Gasteiger partial charge is 0.315 e. The number of piperidine rings is 1. The molecule has 2 N–H and O–H groups in total. The Labute approximate surface area is 125 Å². The van der Waals surface area contributed by atoms with E-state index in [-0.39, 0.29) is 11.7 Å². The quantitative estimate of drug-likeness (QED) is 0.843. The second kappa shape index (κ2) is 7.20. The number of halogens is 1. The zero-order valence-electron chi connectivity index (χ0n) is 12.2. The van der Waals surface area contributed by atoms with Crippen LogP contribution in [0.5, 0.6) is 0 Å². The first kappa shape index (κ1) is 16.2. The first-order chi connectivity index (χ1) is 10.0. The predicted molar refractivity (Wildman–Crippen MR) is 81.8 cm³/mol. The Morgan fingerprint density at radius 1 is 1.33 bits per heavy atom. The summed E-state index contributed by atoms with van der Waals surface area (Å²) in [4.78, 5) is 0. The monoisotopic (exact) mass is 315 g/mol. The fourth-order valence-corrected chi connectivity index (χ4v) is 4.05. The molecule has 0 saturated carbocycles. The number of nitrogens with one attached hydrogen (secondary N) is 2. The first-order valence-electron chi connectivity index (χ1n) is 7.29. The molecule has 0 bridgehead atoms. The minimum atomic E-state index is -3.74. The Kier molecular flexibility index (Phi) is 5.55. The number of para-hydroxylation sites is 1. The highest BCUT2D eigenvalue weighted by Gasteiger charge is 2.32. The smallest absolute Gasteiger partial charge is 0.302 e. The zero-order chi connectivity index (χ0) is 15.3. The number of benzene rings is 1. The van der Waals surface area contributed by atoms with E-state index in [4.69, 9.17) is 0 Å². The summed E-state index contributed by atoms with van der Waals surface area (Å²) in [5.74, 6) is -0.568. The van der Waals surface area contributed by atoms with E-state index < -0.39 is 16.0 Å². The normalized spacial score (nSPS) is 20.4. The summed E-state index contributed by atoms with van der Waals surface area (Å²) in [5, 5.41) is 3.19.